The summed E-state index contributed by atoms with van der Waals surface area (Å²) in [5.41, 5.74) is 1.07. The minimum atomic E-state index is -0.598. The summed E-state index contributed by atoms with van der Waals surface area (Å²) in [6, 6.07) is 7.54. The van der Waals surface area contributed by atoms with Crippen LogP contribution in [-0.4, -0.2) is 50.1 Å². The Morgan fingerprint density at radius 1 is 1.09 bits per heavy atom. The van der Waals surface area contributed by atoms with Crippen LogP contribution in [0.3, 0.4) is 0 Å². The maximum Gasteiger partial charge on any atom is 0.316 e. The topological polar surface area (TPSA) is 70.7 Å². The molecule has 0 saturated heterocycles. The number of hydrogen-bond donors (Lipinski definition) is 2. The molecule has 0 radical (unpaired) electrons. The highest BCUT2D eigenvalue weighted by atomic mass is 16.5. The van der Waals surface area contributed by atoms with E-state index in [0.29, 0.717) is 19.0 Å². The molecule has 0 heterocycles. The van der Waals surface area contributed by atoms with Gasteiger partial charge in [0.1, 0.15) is 5.75 Å². The van der Waals surface area contributed by atoms with Gasteiger partial charge in [-0.3, -0.25) is 4.79 Å². The maximum atomic E-state index is 12.0. The highest BCUT2D eigenvalue weighted by Crippen LogP contribution is 2.26. The van der Waals surface area contributed by atoms with Gasteiger partial charge in [-0.1, -0.05) is 32.0 Å². The van der Waals surface area contributed by atoms with Gasteiger partial charge in [0.05, 0.1) is 0 Å². The van der Waals surface area contributed by atoms with Gasteiger partial charge in [-0.05, 0) is 24.5 Å². The molecular weight excluding hydrogens is 294 g/mol. The lowest BCUT2D eigenvalue weighted by Gasteiger charge is -2.19. The minimum Gasteiger partial charge on any atom is -0.481 e. The largest absolute Gasteiger partial charge is 0.481 e. The molecule has 0 aliphatic carbocycles. The Hall–Kier alpha value is -2.24. The van der Waals surface area contributed by atoms with Crippen LogP contribution in [0.2, 0.25) is 0 Å². The number of nitrogens with one attached hydrogen (secondary N) is 2. The molecular formula is C17H27N3O3. The van der Waals surface area contributed by atoms with Crippen molar-refractivity contribution in [3.05, 3.63) is 29.8 Å². The van der Waals surface area contributed by atoms with Gasteiger partial charge in [-0.2, -0.15) is 0 Å². The van der Waals surface area contributed by atoms with Gasteiger partial charge in [0.2, 0.25) is 0 Å². The molecule has 0 aromatic heterocycles. The lowest BCUT2D eigenvalue weighted by Crippen LogP contribution is -2.42. The first-order valence-electron chi connectivity index (χ1n) is 7.81. The summed E-state index contributed by atoms with van der Waals surface area (Å²) in [5, 5.41) is 5.43. The number of benzene rings is 1. The molecule has 23 heavy (non-hydrogen) atoms. The summed E-state index contributed by atoms with van der Waals surface area (Å²) in [6.45, 7) is 6.61. The summed E-state index contributed by atoms with van der Waals surface area (Å²) in [6.07, 6.45) is -0.598. The van der Waals surface area contributed by atoms with Gasteiger partial charge in [0.15, 0.2) is 6.10 Å². The van der Waals surface area contributed by atoms with Crippen molar-refractivity contribution in [2.75, 3.05) is 27.2 Å². The van der Waals surface area contributed by atoms with Crippen molar-refractivity contribution in [2.45, 2.75) is 32.8 Å². The van der Waals surface area contributed by atoms with E-state index in [4.69, 9.17) is 4.74 Å². The van der Waals surface area contributed by atoms with Crippen LogP contribution in [0.4, 0.5) is 4.79 Å². The summed E-state index contributed by atoms with van der Waals surface area (Å²) in [7, 11) is 3.33. The highest BCUT2D eigenvalue weighted by Gasteiger charge is 2.16. The van der Waals surface area contributed by atoms with E-state index in [9.17, 15) is 9.59 Å². The molecule has 0 aliphatic rings. The fourth-order valence-corrected chi connectivity index (χ4v) is 1.97. The van der Waals surface area contributed by atoms with Gasteiger partial charge >= 0.3 is 6.03 Å². The smallest absolute Gasteiger partial charge is 0.316 e. The quantitative estimate of drug-likeness (QED) is 0.754. The van der Waals surface area contributed by atoms with Crippen LogP contribution in [0.15, 0.2) is 24.3 Å². The zero-order valence-electron chi connectivity index (χ0n) is 14.6. The Morgan fingerprint density at radius 3 is 2.30 bits per heavy atom. The molecule has 1 aromatic carbocycles. The summed E-state index contributed by atoms with van der Waals surface area (Å²) >= 11 is 0. The van der Waals surface area contributed by atoms with E-state index in [1.54, 1.807) is 21.0 Å². The van der Waals surface area contributed by atoms with E-state index in [0.717, 1.165) is 11.3 Å². The molecule has 0 bridgehead atoms. The van der Waals surface area contributed by atoms with Crippen molar-refractivity contribution in [3.8, 4) is 5.75 Å². The number of ether oxygens (including phenoxy) is 1. The lowest BCUT2D eigenvalue weighted by atomic mass is 10.0. The number of amides is 3. The Balaban J connectivity index is 2.44. The number of hydrogen-bond acceptors (Lipinski definition) is 3. The molecule has 1 aromatic rings. The SMILES string of the molecule is CC(Oc1ccccc1C(C)C)C(=O)NCCNC(=O)N(C)C. The first-order valence-corrected chi connectivity index (χ1v) is 7.81. The van der Waals surface area contributed by atoms with Crippen LogP contribution in [0.5, 0.6) is 5.75 Å². The van der Waals surface area contributed by atoms with E-state index in [1.807, 2.05) is 24.3 Å². The molecule has 1 atom stereocenters. The molecule has 2 N–H and O–H groups in total. The van der Waals surface area contributed by atoms with Crippen LogP contribution in [-0.2, 0) is 4.79 Å². The number of para-hydroxylation sites is 1. The van der Waals surface area contributed by atoms with Crippen molar-refractivity contribution in [3.63, 3.8) is 0 Å². The van der Waals surface area contributed by atoms with E-state index in [1.165, 1.54) is 4.90 Å². The molecule has 128 valence electrons. The molecule has 3 amide bonds. The third-order valence-electron chi connectivity index (χ3n) is 3.32. The second-order valence-corrected chi connectivity index (χ2v) is 5.87. The normalized spacial score (nSPS) is 11.7. The Kier molecular flexibility index (Phi) is 7.38. The van der Waals surface area contributed by atoms with Crippen molar-refractivity contribution < 1.29 is 14.3 Å². The molecule has 0 aliphatic heterocycles. The van der Waals surface area contributed by atoms with Crippen molar-refractivity contribution >= 4 is 11.9 Å². The predicted molar refractivity (Wildman–Crippen MR) is 90.7 cm³/mol. The Labute approximate surface area is 138 Å². The average Bonchev–Trinajstić information content (AvgIpc) is 2.51. The maximum absolute atomic E-state index is 12.0. The van der Waals surface area contributed by atoms with Crippen molar-refractivity contribution in [1.82, 2.24) is 15.5 Å². The molecule has 6 heteroatoms. The molecule has 0 fully saturated rings. The number of carbonyl (C=O) groups is 2. The first-order chi connectivity index (χ1) is 10.8. The number of urea groups is 1. The van der Waals surface area contributed by atoms with Gasteiger partial charge in [0.25, 0.3) is 5.91 Å². The van der Waals surface area contributed by atoms with Gasteiger partial charge in [-0.25, -0.2) is 4.79 Å². The second kappa shape index (κ2) is 9.02. The number of rotatable bonds is 7. The Morgan fingerprint density at radius 2 is 1.70 bits per heavy atom. The number of carbonyl (C=O) groups excluding carboxylic acids is 2. The van der Waals surface area contributed by atoms with Crippen LogP contribution >= 0.6 is 0 Å². The third kappa shape index (κ3) is 6.18. The molecule has 1 rings (SSSR count). The fraction of sp³-hybridized carbons (Fsp3) is 0.529. The summed E-state index contributed by atoms with van der Waals surface area (Å²) in [5.74, 6) is 0.844. The molecule has 0 saturated carbocycles. The summed E-state index contributed by atoms with van der Waals surface area (Å²) in [4.78, 5) is 24.8. The summed E-state index contributed by atoms with van der Waals surface area (Å²) < 4.78 is 5.78. The first kappa shape index (κ1) is 18.8. The average molecular weight is 321 g/mol. The van der Waals surface area contributed by atoms with Gasteiger partial charge in [-0.15, -0.1) is 0 Å². The van der Waals surface area contributed by atoms with Gasteiger partial charge in [0, 0.05) is 27.2 Å². The Bertz CT molecular complexity index is 530. The van der Waals surface area contributed by atoms with Crippen molar-refractivity contribution in [2.24, 2.45) is 0 Å². The van der Waals surface area contributed by atoms with E-state index in [2.05, 4.69) is 24.5 Å². The van der Waals surface area contributed by atoms with E-state index < -0.39 is 6.10 Å². The zero-order chi connectivity index (χ0) is 17.4. The zero-order valence-corrected chi connectivity index (χ0v) is 14.6. The standard InChI is InChI=1S/C17H27N3O3/c1-12(2)14-8-6-7-9-15(14)23-13(3)16(21)18-10-11-19-17(22)20(4)5/h6-9,12-13H,10-11H2,1-5H3,(H,18,21)(H,19,22). The van der Waals surface area contributed by atoms with Gasteiger partial charge < -0.3 is 20.3 Å². The van der Waals surface area contributed by atoms with Crippen LogP contribution < -0.4 is 15.4 Å². The predicted octanol–water partition coefficient (Wildman–Crippen LogP) is 1.96. The molecule has 1 unspecified atom stereocenters. The highest BCUT2D eigenvalue weighted by molar-refractivity contribution is 5.80. The minimum absolute atomic E-state index is 0.186. The van der Waals surface area contributed by atoms with Crippen LogP contribution in [0.1, 0.15) is 32.3 Å². The fourth-order valence-electron chi connectivity index (χ4n) is 1.97. The van der Waals surface area contributed by atoms with Crippen LogP contribution in [0, 0.1) is 0 Å². The van der Waals surface area contributed by atoms with E-state index in [-0.39, 0.29) is 11.9 Å². The van der Waals surface area contributed by atoms with Crippen molar-refractivity contribution in [1.29, 1.82) is 0 Å². The second-order valence-electron chi connectivity index (χ2n) is 5.87. The van der Waals surface area contributed by atoms with Crippen LogP contribution in [0.25, 0.3) is 0 Å². The lowest BCUT2D eigenvalue weighted by molar-refractivity contribution is -0.127. The van der Waals surface area contributed by atoms with E-state index >= 15 is 0 Å². The number of nitrogens with zero attached hydrogens (tertiary/aromatic N) is 1. The molecule has 0 spiro atoms. The third-order valence-corrected chi connectivity index (χ3v) is 3.32. The molecule has 6 nitrogen and oxygen atoms in total. The monoisotopic (exact) mass is 321 g/mol.